The molecule has 1 N–H and O–H groups in total. The maximum Gasteiger partial charge on any atom is 0.254 e. The number of aromatic nitrogens is 3. The van der Waals surface area contributed by atoms with Crippen LogP contribution in [0.1, 0.15) is 59.4 Å². The second kappa shape index (κ2) is 6.75. The van der Waals surface area contributed by atoms with Gasteiger partial charge in [-0.1, -0.05) is 12.1 Å². The Morgan fingerprint density at radius 3 is 3.08 bits per heavy atom. The number of piperidine rings is 1. The van der Waals surface area contributed by atoms with Crippen LogP contribution in [0.25, 0.3) is 0 Å². The standard InChI is InChI=1S/C19H24N4OS/c1-2-23-17(20-21-19(23)25)14-8-5-11-22(12-14)18(24)16-10-4-7-13-6-3-9-15(13)16/h4,7,10,14H,2-3,5-6,8-9,11-12H2,1H3,(H,21,25)/t14-/m0/s1. The summed E-state index contributed by atoms with van der Waals surface area (Å²) < 4.78 is 2.72. The molecule has 0 saturated carbocycles. The number of amides is 1. The molecule has 1 saturated heterocycles. The molecule has 1 aliphatic heterocycles. The molecule has 1 amide bonds. The number of nitrogens with one attached hydrogen (secondary N) is 1. The highest BCUT2D eigenvalue weighted by atomic mass is 32.1. The Morgan fingerprint density at radius 2 is 2.24 bits per heavy atom. The molecule has 1 fully saturated rings. The summed E-state index contributed by atoms with van der Waals surface area (Å²) in [5, 5.41) is 7.35. The molecule has 2 heterocycles. The van der Waals surface area contributed by atoms with Crippen LogP contribution >= 0.6 is 12.2 Å². The van der Waals surface area contributed by atoms with Crippen molar-refractivity contribution < 1.29 is 4.79 Å². The van der Waals surface area contributed by atoms with E-state index < -0.39 is 0 Å². The van der Waals surface area contributed by atoms with E-state index in [0.717, 1.165) is 63.1 Å². The first-order valence-electron chi connectivity index (χ1n) is 9.24. The number of rotatable bonds is 3. The number of hydrogen-bond acceptors (Lipinski definition) is 3. The van der Waals surface area contributed by atoms with Gasteiger partial charge in [-0.25, -0.2) is 0 Å². The SMILES string of the molecule is CCn1c([C@H]2CCCN(C(=O)c3cccc4c3CCC4)C2)n[nH]c1=S. The van der Waals surface area contributed by atoms with Crippen molar-refractivity contribution >= 4 is 18.1 Å². The van der Waals surface area contributed by atoms with Crippen molar-refractivity contribution in [3.05, 3.63) is 45.5 Å². The minimum atomic E-state index is 0.181. The van der Waals surface area contributed by atoms with E-state index >= 15 is 0 Å². The minimum Gasteiger partial charge on any atom is -0.338 e. The molecule has 1 aliphatic carbocycles. The molecule has 2 aliphatic rings. The van der Waals surface area contributed by atoms with Crippen molar-refractivity contribution in [1.82, 2.24) is 19.7 Å². The Bertz CT molecular complexity index is 853. The predicted octanol–water partition coefficient (Wildman–Crippen LogP) is 3.47. The van der Waals surface area contributed by atoms with Crippen LogP contribution in [-0.4, -0.2) is 38.7 Å². The largest absolute Gasteiger partial charge is 0.338 e. The Balaban J connectivity index is 1.58. The lowest BCUT2D eigenvalue weighted by Crippen LogP contribution is -2.40. The Hall–Kier alpha value is -1.95. The summed E-state index contributed by atoms with van der Waals surface area (Å²) in [6.07, 6.45) is 5.35. The van der Waals surface area contributed by atoms with Crippen LogP contribution in [0.3, 0.4) is 0 Å². The molecule has 1 aromatic carbocycles. The first-order valence-corrected chi connectivity index (χ1v) is 9.65. The third-order valence-electron chi connectivity index (χ3n) is 5.55. The van der Waals surface area contributed by atoms with E-state index in [1.165, 1.54) is 11.1 Å². The topological polar surface area (TPSA) is 53.9 Å². The van der Waals surface area contributed by atoms with Crippen molar-refractivity contribution in [2.24, 2.45) is 0 Å². The average Bonchev–Trinajstić information content (AvgIpc) is 3.27. The van der Waals surface area contributed by atoms with Gasteiger partial charge in [-0.05, 0) is 68.4 Å². The second-order valence-corrected chi connectivity index (χ2v) is 7.41. The van der Waals surface area contributed by atoms with Crippen LogP contribution < -0.4 is 0 Å². The molecule has 1 aromatic heterocycles. The number of carbonyl (C=O) groups is 1. The lowest BCUT2D eigenvalue weighted by Gasteiger charge is -2.33. The molecule has 6 heteroatoms. The van der Waals surface area contributed by atoms with Gasteiger partial charge in [0.2, 0.25) is 0 Å². The number of likely N-dealkylation sites (tertiary alicyclic amines) is 1. The van der Waals surface area contributed by atoms with Gasteiger partial charge in [0.15, 0.2) is 4.77 Å². The lowest BCUT2D eigenvalue weighted by molar-refractivity contribution is 0.0702. The number of H-pyrrole nitrogens is 1. The minimum absolute atomic E-state index is 0.181. The maximum absolute atomic E-state index is 13.2. The van der Waals surface area contributed by atoms with Crippen molar-refractivity contribution in [2.75, 3.05) is 13.1 Å². The summed E-state index contributed by atoms with van der Waals surface area (Å²) >= 11 is 5.32. The number of carbonyl (C=O) groups excluding carboxylic acids is 1. The first kappa shape index (κ1) is 16.5. The van der Waals surface area contributed by atoms with E-state index in [2.05, 4.69) is 23.2 Å². The van der Waals surface area contributed by atoms with Crippen molar-refractivity contribution in [2.45, 2.75) is 51.5 Å². The summed E-state index contributed by atoms with van der Waals surface area (Å²) in [5.74, 6) is 1.42. The zero-order chi connectivity index (χ0) is 17.4. The smallest absolute Gasteiger partial charge is 0.254 e. The van der Waals surface area contributed by atoms with Crippen LogP contribution in [0.15, 0.2) is 18.2 Å². The molecular weight excluding hydrogens is 332 g/mol. The van der Waals surface area contributed by atoms with Gasteiger partial charge in [0.25, 0.3) is 5.91 Å². The van der Waals surface area contributed by atoms with Crippen LogP contribution in [0, 0.1) is 4.77 Å². The fraction of sp³-hybridized carbons (Fsp3) is 0.526. The van der Waals surface area contributed by atoms with Gasteiger partial charge in [-0.2, -0.15) is 5.10 Å². The van der Waals surface area contributed by atoms with Gasteiger partial charge in [-0.3, -0.25) is 9.89 Å². The van der Waals surface area contributed by atoms with Gasteiger partial charge < -0.3 is 9.47 Å². The number of hydrogen-bond donors (Lipinski definition) is 1. The van der Waals surface area contributed by atoms with E-state index in [1.807, 2.05) is 21.6 Å². The summed E-state index contributed by atoms with van der Waals surface area (Å²) in [5.41, 5.74) is 3.53. The normalized spacial score (nSPS) is 19.9. The summed E-state index contributed by atoms with van der Waals surface area (Å²) in [7, 11) is 0. The Kier molecular flexibility index (Phi) is 4.46. The van der Waals surface area contributed by atoms with Crippen LogP contribution in [0.5, 0.6) is 0 Å². The molecule has 132 valence electrons. The van der Waals surface area contributed by atoms with Gasteiger partial charge in [0.05, 0.1) is 0 Å². The molecule has 0 unspecified atom stereocenters. The number of benzene rings is 1. The Morgan fingerprint density at radius 1 is 1.36 bits per heavy atom. The van der Waals surface area contributed by atoms with Crippen molar-refractivity contribution in [3.8, 4) is 0 Å². The number of nitrogens with zero attached hydrogens (tertiary/aromatic N) is 3. The maximum atomic E-state index is 13.2. The van der Waals surface area contributed by atoms with E-state index in [9.17, 15) is 4.79 Å². The lowest BCUT2D eigenvalue weighted by atomic mass is 9.95. The molecule has 1 atom stereocenters. The highest BCUT2D eigenvalue weighted by Gasteiger charge is 2.30. The monoisotopic (exact) mass is 356 g/mol. The predicted molar refractivity (Wildman–Crippen MR) is 99.4 cm³/mol. The summed E-state index contributed by atoms with van der Waals surface area (Å²) in [4.78, 5) is 15.2. The van der Waals surface area contributed by atoms with Crippen LogP contribution in [-0.2, 0) is 19.4 Å². The molecule has 25 heavy (non-hydrogen) atoms. The van der Waals surface area contributed by atoms with Gasteiger partial charge in [0.1, 0.15) is 5.82 Å². The average molecular weight is 356 g/mol. The fourth-order valence-electron chi connectivity index (χ4n) is 4.31. The van der Waals surface area contributed by atoms with Gasteiger partial charge in [0, 0.05) is 31.1 Å². The van der Waals surface area contributed by atoms with Gasteiger partial charge >= 0.3 is 0 Å². The zero-order valence-corrected chi connectivity index (χ0v) is 15.4. The summed E-state index contributed by atoms with van der Waals surface area (Å²) in [6, 6.07) is 6.19. The van der Waals surface area contributed by atoms with E-state index in [-0.39, 0.29) is 11.8 Å². The van der Waals surface area contributed by atoms with E-state index in [1.54, 1.807) is 0 Å². The number of fused-ring (bicyclic) bond motifs is 1. The molecule has 5 nitrogen and oxygen atoms in total. The number of aryl methyl sites for hydroxylation is 1. The molecule has 0 spiro atoms. The molecular formula is C19H24N4OS. The summed E-state index contributed by atoms with van der Waals surface area (Å²) in [6.45, 7) is 4.44. The Labute approximate surface area is 153 Å². The van der Waals surface area contributed by atoms with Crippen LogP contribution in [0.4, 0.5) is 0 Å². The quantitative estimate of drug-likeness (QED) is 0.857. The third-order valence-corrected chi connectivity index (χ3v) is 5.87. The van der Waals surface area contributed by atoms with Crippen molar-refractivity contribution in [1.29, 1.82) is 0 Å². The van der Waals surface area contributed by atoms with E-state index in [0.29, 0.717) is 4.77 Å². The van der Waals surface area contributed by atoms with Crippen LogP contribution in [0.2, 0.25) is 0 Å². The highest BCUT2D eigenvalue weighted by molar-refractivity contribution is 7.71. The molecule has 0 radical (unpaired) electrons. The zero-order valence-electron chi connectivity index (χ0n) is 14.6. The second-order valence-electron chi connectivity index (χ2n) is 7.02. The van der Waals surface area contributed by atoms with E-state index in [4.69, 9.17) is 12.2 Å². The molecule has 2 aromatic rings. The fourth-order valence-corrected chi connectivity index (χ4v) is 4.58. The third kappa shape index (κ3) is 2.92. The van der Waals surface area contributed by atoms with Crippen molar-refractivity contribution in [3.63, 3.8) is 0 Å². The van der Waals surface area contributed by atoms with Gasteiger partial charge in [-0.15, -0.1) is 0 Å². The molecule has 0 bridgehead atoms. The first-order chi connectivity index (χ1) is 12.2. The highest BCUT2D eigenvalue weighted by Crippen LogP contribution is 2.30. The number of aromatic amines is 1. The molecule has 4 rings (SSSR count).